The molecule has 0 fully saturated rings. The summed E-state index contributed by atoms with van der Waals surface area (Å²) in [4.78, 5) is 16.1. The standard InChI is InChI=1S/C17H14N2O2/c20-17(21-12-13-6-2-1-3-7-13)19-16-10-11-18-15-9-5-4-8-14(15)16/h1-11H,12H2,(H,18,19,20). The number of fused-ring (bicyclic) bond motifs is 1. The highest BCUT2D eigenvalue weighted by atomic mass is 16.5. The molecule has 1 heterocycles. The van der Waals surface area contributed by atoms with Gasteiger partial charge in [0.25, 0.3) is 0 Å². The second-order valence-electron chi connectivity index (χ2n) is 4.56. The number of ether oxygens (including phenoxy) is 1. The van der Waals surface area contributed by atoms with Gasteiger partial charge in [0.2, 0.25) is 0 Å². The second kappa shape index (κ2) is 6.05. The van der Waals surface area contributed by atoms with Gasteiger partial charge in [0, 0.05) is 11.6 Å². The molecule has 0 aliphatic carbocycles. The monoisotopic (exact) mass is 278 g/mol. The molecule has 1 amide bonds. The number of anilines is 1. The Bertz CT molecular complexity index is 752. The largest absolute Gasteiger partial charge is 0.444 e. The number of amides is 1. The van der Waals surface area contributed by atoms with Gasteiger partial charge in [0.15, 0.2) is 0 Å². The molecule has 0 saturated heterocycles. The number of pyridine rings is 1. The smallest absolute Gasteiger partial charge is 0.411 e. The van der Waals surface area contributed by atoms with Crippen molar-refractivity contribution in [2.24, 2.45) is 0 Å². The lowest BCUT2D eigenvalue weighted by Crippen LogP contribution is -2.13. The molecule has 1 N–H and O–H groups in total. The van der Waals surface area contributed by atoms with Crippen molar-refractivity contribution in [3.63, 3.8) is 0 Å². The molecule has 0 atom stereocenters. The van der Waals surface area contributed by atoms with Crippen molar-refractivity contribution in [3.05, 3.63) is 72.4 Å². The van der Waals surface area contributed by atoms with E-state index in [2.05, 4.69) is 10.3 Å². The number of nitrogens with zero attached hydrogens (tertiary/aromatic N) is 1. The number of hydrogen-bond acceptors (Lipinski definition) is 3. The van der Waals surface area contributed by atoms with Crippen LogP contribution in [0.2, 0.25) is 0 Å². The van der Waals surface area contributed by atoms with Crippen LogP contribution in [0.5, 0.6) is 0 Å². The van der Waals surface area contributed by atoms with Gasteiger partial charge >= 0.3 is 6.09 Å². The van der Waals surface area contributed by atoms with Gasteiger partial charge in [-0.25, -0.2) is 4.79 Å². The van der Waals surface area contributed by atoms with E-state index in [4.69, 9.17) is 4.74 Å². The van der Waals surface area contributed by atoms with Gasteiger partial charge in [-0.2, -0.15) is 0 Å². The molecule has 0 saturated carbocycles. The van der Waals surface area contributed by atoms with Gasteiger partial charge in [0.05, 0.1) is 11.2 Å². The van der Waals surface area contributed by atoms with Crippen LogP contribution in [0.15, 0.2) is 66.9 Å². The number of benzene rings is 2. The molecule has 21 heavy (non-hydrogen) atoms. The highest BCUT2D eigenvalue weighted by molar-refractivity contribution is 5.98. The highest BCUT2D eigenvalue weighted by Crippen LogP contribution is 2.21. The topological polar surface area (TPSA) is 51.2 Å². The lowest BCUT2D eigenvalue weighted by atomic mass is 10.2. The number of para-hydroxylation sites is 1. The van der Waals surface area contributed by atoms with E-state index in [1.54, 1.807) is 12.3 Å². The third kappa shape index (κ3) is 3.17. The van der Waals surface area contributed by atoms with Crippen molar-refractivity contribution in [2.75, 3.05) is 5.32 Å². The molecule has 0 aliphatic rings. The van der Waals surface area contributed by atoms with E-state index in [9.17, 15) is 4.79 Å². The number of carbonyl (C=O) groups is 1. The lowest BCUT2D eigenvalue weighted by Gasteiger charge is -2.09. The van der Waals surface area contributed by atoms with Crippen molar-refractivity contribution >= 4 is 22.7 Å². The summed E-state index contributed by atoms with van der Waals surface area (Å²) in [7, 11) is 0. The molecular formula is C17H14N2O2. The minimum absolute atomic E-state index is 0.246. The normalized spacial score (nSPS) is 10.3. The number of carbonyl (C=O) groups excluding carboxylic acids is 1. The van der Waals surface area contributed by atoms with E-state index in [0.29, 0.717) is 5.69 Å². The molecule has 0 bridgehead atoms. The Balaban J connectivity index is 1.69. The molecule has 3 rings (SSSR count). The zero-order valence-electron chi connectivity index (χ0n) is 11.3. The maximum Gasteiger partial charge on any atom is 0.411 e. The fourth-order valence-corrected chi connectivity index (χ4v) is 2.07. The highest BCUT2D eigenvalue weighted by Gasteiger charge is 2.07. The SMILES string of the molecule is O=C(Nc1ccnc2ccccc12)OCc1ccccc1. The third-order valence-corrected chi connectivity index (χ3v) is 3.10. The van der Waals surface area contributed by atoms with Crippen LogP contribution in [0.4, 0.5) is 10.5 Å². The quantitative estimate of drug-likeness (QED) is 0.788. The molecule has 0 unspecified atom stereocenters. The molecule has 104 valence electrons. The van der Waals surface area contributed by atoms with Crippen LogP contribution in [0.1, 0.15) is 5.56 Å². The summed E-state index contributed by atoms with van der Waals surface area (Å²) in [6.45, 7) is 0.246. The second-order valence-corrected chi connectivity index (χ2v) is 4.56. The van der Waals surface area contributed by atoms with Crippen molar-refractivity contribution in [3.8, 4) is 0 Å². The summed E-state index contributed by atoms with van der Waals surface area (Å²) < 4.78 is 5.21. The van der Waals surface area contributed by atoms with Gasteiger partial charge in [-0.15, -0.1) is 0 Å². The van der Waals surface area contributed by atoms with Gasteiger partial charge in [-0.3, -0.25) is 10.3 Å². The fraction of sp³-hybridized carbons (Fsp3) is 0.0588. The van der Waals surface area contributed by atoms with E-state index < -0.39 is 6.09 Å². The Labute approximate surface area is 122 Å². The molecule has 4 heteroatoms. The van der Waals surface area contributed by atoms with Crippen LogP contribution in [-0.4, -0.2) is 11.1 Å². The van der Waals surface area contributed by atoms with Crippen molar-refractivity contribution < 1.29 is 9.53 Å². The Hall–Kier alpha value is -2.88. The van der Waals surface area contributed by atoms with Crippen LogP contribution < -0.4 is 5.32 Å². The molecule has 0 radical (unpaired) electrons. The van der Waals surface area contributed by atoms with E-state index in [-0.39, 0.29) is 6.61 Å². The van der Waals surface area contributed by atoms with Crippen molar-refractivity contribution in [1.82, 2.24) is 4.98 Å². The predicted octanol–water partition coefficient (Wildman–Crippen LogP) is 3.98. The Kier molecular flexibility index (Phi) is 3.78. The summed E-state index contributed by atoms with van der Waals surface area (Å²) in [5.74, 6) is 0. The summed E-state index contributed by atoms with van der Waals surface area (Å²) in [6, 6.07) is 18.9. The molecule has 4 nitrogen and oxygen atoms in total. The van der Waals surface area contributed by atoms with E-state index >= 15 is 0 Å². The van der Waals surface area contributed by atoms with E-state index in [1.165, 1.54) is 0 Å². The number of hydrogen-bond donors (Lipinski definition) is 1. The van der Waals surface area contributed by atoms with Crippen molar-refractivity contribution in [2.45, 2.75) is 6.61 Å². The summed E-state index contributed by atoms with van der Waals surface area (Å²) >= 11 is 0. The molecule has 3 aromatic rings. The van der Waals surface area contributed by atoms with Crippen LogP contribution in [0, 0.1) is 0 Å². The first kappa shape index (κ1) is 13.1. The average Bonchev–Trinajstić information content (AvgIpc) is 2.54. The number of rotatable bonds is 3. The number of aromatic nitrogens is 1. The first-order valence-electron chi connectivity index (χ1n) is 6.64. The van der Waals surface area contributed by atoms with E-state index in [0.717, 1.165) is 16.5 Å². The maximum atomic E-state index is 11.9. The summed E-state index contributed by atoms with van der Waals surface area (Å²) in [5.41, 5.74) is 2.48. The molecule has 0 aliphatic heterocycles. The number of nitrogens with one attached hydrogen (secondary N) is 1. The minimum atomic E-state index is -0.477. The lowest BCUT2D eigenvalue weighted by molar-refractivity contribution is 0.155. The first-order valence-corrected chi connectivity index (χ1v) is 6.64. The first-order chi connectivity index (χ1) is 10.3. The fourth-order valence-electron chi connectivity index (χ4n) is 2.07. The Morgan fingerprint density at radius 3 is 2.62 bits per heavy atom. The van der Waals surface area contributed by atoms with E-state index in [1.807, 2.05) is 54.6 Å². The van der Waals surface area contributed by atoms with Gasteiger partial charge in [0.1, 0.15) is 6.61 Å². The van der Waals surface area contributed by atoms with Gasteiger partial charge in [-0.05, 0) is 17.7 Å². The summed E-state index contributed by atoms with van der Waals surface area (Å²) in [6.07, 6.45) is 1.19. The Morgan fingerprint density at radius 1 is 1.00 bits per heavy atom. The van der Waals surface area contributed by atoms with Gasteiger partial charge < -0.3 is 4.74 Å². The van der Waals surface area contributed by atoms with Crippen LogP contribution in [0.25, 0.3) is 10.9 Å². The maximum absolute atomic E-state index is 11.9. The zero-order valence-corrected chi connectivity index (χ0v) is 11.3. The minimum Gasteiger partial charge on any atom is -0.444 e. The molecule has 1 aromatic heterocycles. The van der Waals surface area contributed by atoms with Crippen molar-refractivity contribution in [1.29, 1.82) is 0 Å². The average molecular weight is 278 g/mol. The zero-order chi connectivity index (χ0) is 14.5. The molecule has 2 aromatic carbocycles. The van der Waals surface area contributed by atoms with Gasteiger partial charge in [-0.1, -0.05) is 48.5 Å². The van der Waals surface area contributed by atoms with Crippen LogP contribution in [0.3, 0.4) is 0 Å². The molecule has 0 spiro atoms. The third-order valence-electron chi connectivity index (χ3n) is 3.10. The van der Waals surface area contributed by atoms with Crippen LogP contribution in [-0.2, 0) is 11.3 Å². The van der Waals surface area contributed by atoms with Crippen LogP contribution >= 0.6 is 0 Å². The summed E-state index contributed by atoms with van der Waals surface area (Å²) in [5, 5.41) is 3.64. The predicted molar refractivity (Wildman–Crippen MR) is 82.0 cm³/mol. The Morgan fingerprint density at radius 2 is 1.76 bits per heavy atom. The molecular weight excluding hydrogens is 264 g/mol.